The number of nitrogens with zero attached hydrogens (tertiary/aromatic N) is 2. The molecule has 2 rings (SSSR count). The molecule has 0 bridgehead atoms. The highest BCUT2D eigenvalue weighted by molar-refractivity contribution is 5.93. The number of aryl methyl sites for hydroxylation is 2. The summed E-state index contributed by atoms with van der Waals surface area (Å²) in [5.41, 5.74) is 5.97. The number of oxazole rings is 1. The summed E-state index contributed by atoms with van der Waals surface area (Å²) in [6, 6.07) is 0. The molecule has 2 heterocycles. The van der Waals surface area contributed by atoms with E-state index in [-0.39, 0.29) is 35.9 Å². The number of rotatable bonds is 4. The molecule has 1 aromatic rings. The highest BCUT2D eigenvalue weighted by Crippen LogP contribution is 2.20. The molecule has 1 aliphatic heterocycles. The second kappa shape index (κ2) is 8.14. The van der Waals surface area contributed by atoms with Crippen molar-refractivity contribution in [2.75, 3.05) is 26.2 Å². The van der Waals surface area contributed by atoms with Crippen LogP contribution in [0.25, 0.3) is 0 Å². The third-order valence-electron chi connectivity index (χ3n) is 3.62. The molecule has 7 nitrogen and oxygen atoms in total. The van der Waals surface area contributed by atoms with Gasteiger partial charge in [0.2, 0.25) is 11.7 Å². The Morgan fingerprint density at radius 3 is 2.77 bits per heavy atom. The molecule has 1 aliphatic rings. The Labute approximate surface area is 136 Å². The highest BCUT2D eigenvalue weighted by Gasteiger charge is 2.31. The highest BCUT2D eigenvalue weighted by atomic mass is 35.5. The first-order valence-corrected chi connectivity index (χ1v) is 7.24. The summed E-state index contributed by atoms with van der Waals surface area (Å²) in [5, 5.41) is 2.78. The molecular weight excluding hydrogens is 308 g/mol. The number of amides is 2. The molecule has 1 saturated heterocycles. The molecule has 0 aliphatic carbocycles. The van der Waals surface area contributed by atoms with Crippen molar-refractivity contribution in [2.45, 2.75) is 26.7 Å². The smallest absolute Gasteiger partial charge is 0.291 e. The van der Waals surface area contributed by atoms with Crippen LogP contribution in [0.4, 0.5) is 0 Å². The van der Waals surface area contributed by atoms with Crippen molar-refractivity contribution in [3.63, 3.8) is 0 Å². The van der Waals surface area contributed by atoms with E-state index in [9.17, 15) is 9.59 Å². The summed E-state index contributed by atoms with van der Waals surface area (Å²) < 4.78 is 5.37. The molecule has 0 spiro atoms. The predicted octanol–water partition coefficient (Wildman–Crippen LogP) is 0.640. The van der Waals surface area contributed by atoms with Gasteiger partial charge in [0.15, 0.2) is 5.89 Å². The zero-order valence-electron chi connectivity index (χ0n) is 12.9. The Balaban J connectivity index is 0.00000242. The summed E-state index contributed by atoms with van der Waals surface area (Å²) in [5.74, 6) is 0.340. The van der Waals surface area contributed by atoms with Gasteiger partial charge in [-0.15, -0.1) is 12.4 Å². The average molecular weight is 331 g/mol. The topological polar surface area (TPSA) is 101 Å². The lowest BCUT2D eigenvalue weighted by Gasteiger charge is -2.31. The quantitative estimate of drug-likeness (QED) is 0.843. The van der Waals surface area contributed by atoms with Crippen molar-refractivity contribution in [2.24, 2.45) is 11.7 Å². The monoisotopic (exact) mass is 330 g/mol. The summed E-state index contributed by atoms with van der Waals surface area (Å²) in [6.45, 7) is 5.39. The summed E-state index contributed by atoms with van der Waals surface area (Å²) in [6.07, 6.45) is 1.59. The molecule has 0 aromatic carbocycles. The van der Waals surface area contributed by atoms with Gasteiger partial charge in [0, 0.05) is 33.1 Å². The molecule has 1 atom stereocenters. The number of halogens is 1. The van der Waals surface area contributed by atoms with Gasteiger partial charge in [-0.2, -0.15) is 0 Å². The van der Waals surface area contributed by atoms with E-state index in [1.54, 1.807) is 18.7 Å². The standard InChI is InChI=1S/C14H22N4O3.ClH/c1-9-12(21-10(2)17-9)14(20)18-7-3-4-11(8-18)13(19)16-6-5-15;/h11H,3-8,15H2,1-2H3,(H,16,19);1H. The van der Waals surface area contributed by atoms with Crippen LogP contribution in [-0.2, 0) is 4.79 Å². The van der Waals surface area contributed by atoms with Gasteiger partial charge in [0.25, 0.3) is 5.91 Å². The fourth-order valence-electron chi connectivity index (χ4n) is 2.59. The summed E-state index contributed by atoms with van der Waals surface area (Å²) in [4.78, 5) is 30.2. The molecule has 1 fully saturated rings. The van der Waals surface area contributed by atoms with Crippen molar-refractivity contribution in [3.05, 3.63) is 17.3 Å². The second-order valence-corrected chi connectivity index (χ2v) is 5.32. The first-order valence-electron chi connectivity index (χ1n) is 7.24. The Bertz CT molecular complexity index is 532. The van der Waals surface area contributed by atoms with Crippen LogP contribution < -0.4 is 11.1 Å². The van der Waals surface area contributed by atoms with E-state index in [1.165, 1.54) is 0 Å². The van der Waals surface area contributed by atoms with Gasteiger partial charge in [-0.05, 0) is 19.8 Å². The van der Waals surface area contributed by atoms with Gasteiger partial charge in [0.05, 0.1) is 11.6 Å². The largest absolute Gasteiger partial charge is 0.436 e. The van der Waals surface area contributed by atoms with E-state index in [4.69, 9.17) is 10.2 Å². The lowest BCUT2D eigenvalue weighted by atomic mass is 9.97. The predicted molar refractivity (Wildman–Crippen MR) is 83.9 cm³/mol. The molecule has 22 heavy (non-hydrogen) atoms. The maximum atomic E-state index is 12.5. The third-order valence-corrected chi connectivity index (χ3v) is 3.62. The van der Waals surface area contributed by atoms with Gasteiger partial charge in [-0.1, -0.05) is 0 Å². The fourth-order valence-corrected chi connectivity index (χ4v) is 2.59. The van der Waals surface area contributed by atoms with E-state index in [0.29, 0.717) is 37.8 Å². The molecule has 1 unspecified atom stereocenters. The van der Waals surface area contributed by atoms with Gasteiger partial charge >= 0.3 is 0 Å². The molecule has 0 saturated carbocycles. The second-order valence-electron chi connectivity index (χ2n) is 5.32. The van der Waals surface area contributed by atoms with E-state index >= 15 is 0 Å². The summed E-state index contributed by atoms with van der Waals surface area (Å²) in [7, 11) is 0. The molecular formula is C14H23ClN4O3. The van der Waals surface area contributed by atoms with Crippen LogP contribution in [0.5, 0.6) is 0 Å². The number of nitrogens with one attached hydrogen (secondary N) is 1. The molecule has 3 N–H and O–H groups in total. The zero-order chi connectivity index (χ0) is 15.4. The van der Waals surface area contributed by atoms with E-state index in [1.807, 2.05) is 0 Å². The van der Waals surface area contributed by atoms with Crippen LogP contribution in [0.2, 0.25) is 0 Å². The third kappa shape index (κ3) is 4.20. The van der Waals surface area contributed by atoms with Gasteiger partial charge in [0.1, 0.15) is 0 Å². The Kier molecular flexibility index (Phi) is 6.83. The number of aromatic nitrogens is 1. The molecule has 124 valence electrons. The zero-order valence-corrected chi connectivity index (χ0v) is 13.7. The Morgan fingerprint density at radius 1 is 1.45 bits per heavy atom. The minimum absolute atomic E-state index is 0. The number of piperidine rings is 1. The van der Waals surface area contributed by atoms with Gasteiger partial charge in [-0.25, -0.2) is 4.98 Å². The van der Waals surface area contributed by atoms with Crippen molar-refractivity contribution in [3.8, 4) is 0 Å². The molecule has 1 aromatic heterocycles. The number of hydrogen-bond acceptors (Lipinski definition) is 5. The van der Waals surface area contributed by atoms with Crippen molar-refractivity contribution >= 4 is 24.2 Å². The van der Waals surface area contributed by atoms with Crippen molar-refractivity contribution in [1.29, 1.82) is 0 Å². The number of likely N-dealkylation sites (tertiary alicyclic amines) is 1. The maximum absolute atomic E-state index is 12.5. The Morgan fingerprint density at radius 2 is 2.18 bits per heavy atom. The molecule has 8 heteroatoms. The van der Waals surface area contributed by atoms with Gasteiger partial charge in [-0.3, -0.25) is 9.59 Å². The number of carbonyl (C=O) groups is 2. The van der Waals surface area contributed by atoms with Crippen LogP contribution in [0.1, 0.15) is 35.0 Å². The first kappa shape index (κ1) is 18.4. The molecule has 0 radical (unpaired) electrons. The lowest BCUT2D eigenvalue weighted by molar-refractivity contribution is -0.126. The molecule has 2 amide bonds. The SMILES string of the molecule is Cc1nc(C)c(C(=O)N2CCCC(C(=O)NCCN)C2)o1.Cl. The minimum atomic E-state index is -0.190. The van der Waals surface area contributed by atoms with Gasteiger partial charge < -0.3 is 20.4 Å². The van der Waals surface area contributed by atoms with Crippen LogP contribution >= 0.6 is 12.4 Å². The van der Waals surface area contributed by atoms with Crippen LogP contribution in [-0.4, -0.2) is 47.9 Å². The Hall–Kier alpha value is -1.60. The maximum Gasteiger partial charge on any atom is 0.291 e. The summed E-state index contributed by atoms with van der Waals surface area (Å²) >= 11 is 0. The van der Waals surface area contributed by atoms with E-state index in [2.05, 4.69) is 10.3 Å². The van der Waals surface area contributed by atoms with E-state index < -0.39 is 0 Å². The number of carbonyl (C=O) groups excluding carboxylic acids is 2. The van der Waals surface area contributed by atoms with Crippen molar-refractivity contribution in [1.82, 2.24) is 15.2 Å². The number of hydrogen-bond donors (Lipinski definition) is 2. The van der Waals surface area contributed by atoms with Crippen molar-refractivity contribution < 1.29 is 14.0 Å². The van der Waals surface area contributed by atoms with E-state index in [0.717, 1.165) is 12.8 Å². The normalized spacial score (nSPS) is 17.8. The first-order chi connectivity index (χ1) is 10.0. The van der Waals surface area contributed by atoms with Crippen LogP contribution in [0, 0.1) is 19.8 Å². The fraction of sp³-hybridized carbons (Fsp3) is 0.643. The van der Waals surface area contributed by atoms with Crippen LogP contribution in [0.3, 0.4) is 0 Å². The lowest BCUT2D eigenvalue weighted by Crippen LogP contribution is -2.46. The average Bonchev–Trinajstić information content (AvgIpc) is 2.82. The minimum Gasteiger partial charge on any atom is -0.436 e. The number of nitrogens with two attached hydrogens (primary N) is 1. The van der Waals surface area contributed by atoms with Crippen LogP contribution in [0.15, 0.2) is 4.42 Å².